The molecule has 1 aromatic rings. The SMILES string of the molecule is CCCC1(C(=O)N[C@H](C)c2cccc(OC)c2)CCCN1. The molecule has 4 nitrogen and oxygen atoms in total. The van der Waals surface area contributed by atoms with Crippen LogP contribution in [0.15, 0.2) is 24.3 Å². The summed E-state index contributed by atoms with van der Waals surface area (Å²) in [6.07, 6.45) is 3.90. The summed E-state index contributed by atoms with van der Waals surface area (Å²) >= 11 is 0. The molecule has 2 atom stereocenters. The van der Waals surface area contributed by atoms with Gasteiger partial charge in [0.25, 0.3) is 0 Å². The predicted octanol–water partition coefficient (Wildman–Crippen LogP) is 2.79. The highest BCUT2D eigenvalue weighted by molar-refractivity contribution is 5.87. The van der Waals surface area contributed by atoms with E-state index in [0.717, 1.165) is 43.5 Å². The van der Waals surface area contributed by atoms with Crippen molar-refractivity contribution in [3.8, 4) is 5.75 Å². The summed E-state index contributed by atoms with van der Waals surface area (Å²) in [6, 6.07) is 7.83. The highest BCUT2D eigenvalue weighted by Crippen LogP contribution is 2.26. The number of carbonyl (C=O) groups excluding carboxylic acids is 1. The lowest BCUT2D eigenvalue weighted by Crippen LogP contribution is -2.53. The zero-order valence-corrected chi connectivity index (χ0v) is 13.2. The molecular weight excluding hydrogens is 264 g/mol. The molecule has 0 aromatic heterocycles. The van der Waals surface area contributed by atoms with Gasteiger partial charge in [-0.1, -0.05) is 25.5 Å². The van der Waals surface area contributed by atoms with Crippen LogP contribution in [-0.4, -0.2) is 25.1 Å². The zero-order chi connectivity index (χ0) is 15.3. The van der Waals surface area contributed by atoms with Gasteiger partial charge in [0.15, 0.2) is 0 Å². The van der Waals surface area contributed by atoms with E-state index in [1.54, 1.807) is 7.11 Å². The van der Waals surface area contributed by atoms with Gasteiger partial charge in [0, 0.05) is 0 Å². The van der Waals surface area contributed by atoms with Crippen molar-refractivity contribution in [2.75, 3.05) is 13.7 Å². The molecule has 0 saturated carbocycles. The summed E-state index contributed by atoms with van der Waals surface area (Å²) in [7, 11) is 1.65. The Hall–Kier alpha value is -1.55. The zero-order valence-electron chi connectivity index (χ0n) is 13.2. The second-order valence-corrected chi connectivity index (χ2v) is 5.83. The molecular formula is C17H26N2O2. The molecule has 2 N–H and O–H groups in total. The van der Waals surface area contributed by atoms with Gasteiger partial charge in [-0.05, 0) is 50.4 Å². The van der Waals surface area contributed by atoms with Crippen molar-refractivity contribution < 1.29 is 9.53 Å². The van der Waals surface area contributed by atoms with Gasteiger partial charge in [-0.25, -0.2) is 0 Å². The molecule has 1 aliphatic heterocycles. The van der Waals surface area contributed by atoms with Crippen LogP contribution < -0.4 is 15.4 Å². The normalized spacial score (nSPS) is 22.8. The fraction of sp³-hybridized carbons (Fsp3) is 0.588. The largest absolute Gasteiger partial charge is 0.497 e. The Morgan fingerprint density at radius 2 is 2.33 bits per heavy atom. The highest BCUT2D eigenvalue weighted by atomic mass is 16.5. The quantitative estimate of drug-likeness (QED) is 0.847. The smallest absolute Gasteiger partial charge is 0.240 e. The topological polar surface area (TPSA) is 50.4 Å². The number of rotatable bonds is 6. The van der Waals surface area contributed by atoms with Gasteiger partial charge in [-0.15, -0.1) is 0 Å². The van der Waals surface area contributed by atoms with Crippen molar-refractivity contribution >= 4 is 5.91 Å². The lowest BCUT2D eigenvalue weighted by Gasteiger charge is -2.29. The Morgan fingerprint density at radius 3 is 2.95 bits per heavy atom. The van der Waals surface area contributed by atoms with Crippen molar-refractivity contribution in [2.24, 2.45) is 0 Å². The molecule has 1 saturated heterocycles. The molecule has 1 unspecified atom stereocenters. The third-order valence-electron chi connectivity index (χ3n) is 4.30. The van der Waals surface area contributed by atoms with Crippen molar-refractivity contribution in [3.05, 3.63) is 29.8 Å². The van der Waals surface area contributed by atoms with E-state index >= 15 is 0 Å². The van der Waals surface area contributed by atoms with Gasteiger partial charge in [-0.3, -0.25) is 4.79 Å². The molecule has 116 valence electrons. The Labute approximate surface area is 127 Å². The third-order valence-corrected chi connectivity index (χ3v) is 4.30. The van der Waals surface area contributed by atoms with Crippen LogP contribution >= 0.6 is 0 Å². The predicted molar refractivity (Wildman–Crippen MR) is 84.4 cm³/mol. The van der Waals surface area contributed by atoms with Gasteiger partial charge in [-0.2, -0.15) is 0 Å². The van der Waals surface area contributed by atoms with Crippen LogP contribution in [0, 0.1) is 0 Å². The molecule has 0 bridgehead atoms. The van der Waals surface area contributed by atoms with E-state index in [4.69, 9.17) is 4.74 Å². The third kappa shape index (κ3) is 3.56. The Bertz CT molecular complexity index is 481. The van der Waals surface area contributed by atoms with Gasteiger partial charge in [0.05, 0.1) is 18.7 Å². The molecule has 1 heterocycles. The molecule has 1 aliphatic rings. The second kappa shape index (κ2) is 6.94. The van der Waals surface area contributed by atoms with E-state index in [-0.39, 0.29) is 17.5 Å². The molecule has 1 aromatic carbocycles. The summed E-state index contributed by atoms with van der Waals surface area (Å²) in [5.41, 5.74) is 0.689. The first-order chi connectivity index (χ1) is 10.1. The number of nitrogens with one attached hydrogen (secondary N) is 2. The maximum Gasteiger partial charge on any atom is 0.240 e. The van der Waals surface area contributed by atoms with E-state index in [9.17, 15) is 4.79 Å². The lowest BCUT2D eigenvalue weighted by atomic mass is 9.90. The summed E-state index contributed by atoms with van der Waals surface area (Å²) in [5.74, 6) is 0.938. The van der Waals surface area contributed by atoms with E-state index in [1.165, 1.54) is 0 Å². The van der Waals surface area contributed by atoms with E-state index in [1.807, 2.05) is 31.2 Å². The van der Waals surface area contributed by atoms with Gasteiger partial charge >= 0.3 is 0 Å². The summed E-state index contributed by atoms with van der Waals surface area (Å²) in [5, 5.41) is 6.57. The van der Waals surface area contributed by atoms with E-state index in [0.29, 0.717) is 0 Å². The first-order valence-electron chi connectivity index (χ1n) is 7.81. The average molecular weight is 290 g/mol. The van der Waals surface area contributed by atoms with Crippen LogP contribution in [0.5, 0.6) is 5.75 Å². The Kier molecular flexibility index (Phi) is 5.23. The van der Waals surface area contributed by atoms with Gasteiger partial charge in [0.2, 0.25) is 5.91 Å². The van der Waals surface area contributed by atoms with E-state index < -0.39 is 0 Å². The summed E-state index contributed by atoms with van der Waals surface area (Å²) in [6.45, 7) is 5.07. The number of methoxy groups -OCH3 is 1. The molecule has 1 amide bonds. The lowest BCUT2D eigenvalue weighted by molar-refractivity contribution is -0.128. The first kappa shape index (κ1) is 15.8. The maximum absolute atomic E-state index is 12.7. The number of hydrogen-bond donors (Lipinski definition) is 2. The van der Waals surface area contributed by atoms with Crippen molar-refractivity contribution in [2.45, 2.75) is 51.1 Å². The van der Waals surface area contributed by atoms with E-state index in [2.05, 4.69) is 17.6 Å². The van der Waals surface area contributed by atoms with Gasteiger partial charge in [0.1, 0.15) is 5.75 Å². The van der Waals surface area contributed by atoms with Crippen molar-refractivity contribution in [3.63, 3.8) is 0 Å². The Morgan fingerprint density at radius 1 is 1.52 bits per heavy atom. The molecule has 1 fully saturated rings. The minimum atomic E-state index is -0.373. The number of hydrogen-bond acceptors (Lipinski definition) is 3. The minimum Gasteiger partial charge on any atom is -0.497 e. The summed E-state index contributed by atoms with van der Waals surface area (Å²) < 4.78 is 5.24. The van der Waals surface area contributed by atoms with Crippen LogP contribution in [-0.2, 0) is 4.79 Å². The van der Waals surface area contributed by atoms with Crippen LogP contribution in [0.25, 0.3) is 0 Å². The first-order valence-corrected chi connectivity index (χ1v) is 7.81. The minimum absolute atomic E-state index is 0.0243. The molecule has 2 rings (SSSR count). The number of benzene rings is 1. The monoisotopic (exact) mass is 290 g/mol. The fourth-order valence-electron chi connectivity index (χ4n) is 3.08. The molecule has 0 spiro atoms. The number of ether oxygens (including phenoxy) is 1. The molecule has 0 aliphatic carbocycles. The molecule has 4 heteroatoms. The average Bonchev–Trinajstić information content (AvgIpc) is 2.97. The maximum atomic E-state index is 12.7. The Balaban J connectivity index is 2.06. The van der Waals surface area contributed by atoms with Crippen molar-refractivity contribution in [1.29, 1.82) is 0 Å². The number of carbonyl (C=O) groups is 1. The number of amides is 1. The summed E-state index contributed by atoms with van der Waals surface area (Å²) in [4.78, 5) is 12.7. The van der Waals surface area contributed by atoms with Crippen LogP contribution in [0.1, 0.15) is 51.1 Å². The molecule has 21 heavy (non-hydrogen) atoms. The second-order valence-electron chi connectivity index (χ2n) is 5.83. The standard InChI is InChI=1S/C17H26N2O2/c1-4-9-17(10-6-11-18-17)16(20)19-13(2)14-7-5-8-15(12-14)21-3/h5,7-8,12-13,18H,4,6,9-11H2,1-3H3,(H,19,20)/t13-,17?/m1/s1. The van der Waals surface area contributed by atoms with Gasteiger partial charge < -0.3 is 15.4 Å². The molecule has 0 radical (unpaired) electrons. The van der Waals surface area contributed by atoms with Crippen LogP contribution in [0.2, 0.25) is 0 Å². The highest BCUT2D eigenvalue weighted by Gasteiger charge is 2.40. The van der Waals surface area contributed by atoms with Crippen LogP contribution in [0.4, 0.5) is 0 Å². The van der Waals surface area contributed by atoms with Crippen LogP contribution in [0.3, 0.4) is 0 Å². The fourth-order valence-corrected chi connectivity index (χ4v) is 3.08. The van der Waals surface area contributed by atoms with Crippen molar-refractivity contribution in [1.82, 2.24) is 10.6 Å².